The molecule has 0 aromatic carbocycles. The molecule has 0 unspecified atom stereocenters. The van der Waals surface area contributed by atoms with Gasteiger partial charge in [0.2, 0.25) is 11.6 Å². The first-order valence-electron chi connectivity index (χ1n) is 5.75. The number of H-pyrrole nitrogens is 2. The van der Waals surface area contributed by atoms with Crippen LogP contribution >= 0.6 is 0 Å². The van der Waals surface area contributed by atoms with E-state index in [1.165, 1.54) is 0 Å². The van der Waals surface area contributed by atoms with Gasteiger partial charge in [-0.3, -0.25) is 9.59 Å². The van der Waals surface area contributed by atoms with E-state index in [2.05, 4.69) is 9.97 Å². The molecule has 0 radical (unpaired) electrons. The Morgan fingerprint density at radius 1 is 1.06 bits per heavy atom. The van der Waals surface area contributed by atoms with Crippen LogP contribution in [0.25, 0.3) is 0 Å². The molecule has 84 valence electrons. The van der Waals surface area contributed by atoms with Crippen molar-refractivity contribution in [1.29, 1.82) is 0 Å². The third-order valence-corrected chi connectivity index (χ3v) is 3.55. The number of aromatic nitrogens is 2. The van der Waals surface area contributed by atoms with Crippen LogP contribution in [0, 0.1) is 0 Å². The summed E-state index contributed by atoms with van der Waals surface area (Å²) in [7, 11) is 0. The van der Waals surface area contributed by atoms with E-state index >= 15 is 0 Å². The summed E-state index contributed by atoms with van der Waals surface area (Å²) in [4.78, 5) is 30.3. The second-order valence-corrected chi connectivity index (χ2v) is 4.71. The van der Waals surface area contributed by atoms with Crippen LogP contribution in [0.4, 0.5) is 0 Å². The summed E-state index contributed by atoms with van der Waals surface area (Å²) in [5, 5.41) is 0. The summed E-state index contributed by atoms with van der Waals surface area (Å²) in [6.45, 7) is 0. The minimum atomic E-state index is -0.0808. The van der Waals surface area contributed by atoms with Crippen LogP contribution in [0.15, 0.2) is 18.3 Å². The van der Waals surface area contributed by atoms with Crippen molar-refractivity contribution in [3.63, 3.8) is 0 Å². The molecule has 2 aromatic rings. The standard InChI is InChI=1S/C13H10N2O2/c16-12-7-3-4-14-10(7)13(17)8-5-9(6-1-2-6)15-11(8)12/h3-6,14-15H,1-2H2. The van der Waals surface area contributed by atoms with Gasteiger partial charge in [-0.2, -0.15) is 0 Å². The fourth-order valence-electron chi connectivity index (χ4n) is 2.46. The van der Waals surface area contributed by atoms with Gasteiger partial charge in [-0.1, -0.05) is 0 Å². The number of ketones is 2. The maximum Gasteiger partial charge on any atom is 0.212 e. The lowest BCUT2D eigenvalue weighted by atomic mass is 9.94. The van der Waals surface area contributed by atoms with E-state index in [0.29, 0.717) is 28.4 Å². The first-order chi connectivity index (χ1) is 8.25. The van der Waals surface area contributed by atoms with E-state index in [1.54, 1.807) is 12.3 Å². The second-order valence-electron chi connectivity index (χ2n) is 4.71. The molecule has 2 aliphatic rings. The molecule has 2 aliphatic carbocycles. The van der Waals surface area contributed by atoms with Crippen LogP contribution in [0.2, 0.25) is 0 Å². The zero-order valence-electron chi connectivity index (χ0n) is 9.04. The summed E-state index contributed by atoms with van der Waals surface area (Å²) in [6, 6.07) is 3.51. The molecule has 0 amide bonds. The quantitative estimate of drug-likeness (QED) is 0.666. The molecule has 4 nitrogen and oxygen atoms in total. The summed E-state index contributed by atoms with van der Waals surface area (Å²) < 4.78 is 0. The molecule has 0 spiro atoms. The molecule has 0 aliphatic heterocycles. The van der Waals surface area contributed by atoms with Crippen molar-refractivity contribution >= 4 is 11.6 Å². The Hall–Kier alpha value is -2.10. The summed E-state index contributed by atoms with van der Waals surface area (Å²) in [5.41, 5.74) is 2.91. The monoisotopic (exact) mass is 226 g/mol. The molecule has 0 atom stereocenters. The smallest absolute Gasteiger partial charge is 0.212 e. The Kier molecular flexibility index (Phi) is 1.46. The first kappa shape index (κ1) is 8.98. The number of fused-ring (bicyclic) bond motifs is 2. The number of nitrogens with one attached hydrogen (secondary N) is 2. The minimum absolute atomic E-state index is 0.0808. The van der Waals surface area contributed by atoms with Crippen molar-refractivity contribution in [2.24, 2.45) is 0 Å². The van der Waals surface area contributed by atoms with Gasteiger partial charge < -0.3 is 9.97 Å². The summed E-state index contributed by atoms with van der Waals surface area (Å²) in [6.07, 6.45) is 3.92. The van der Waals surface area contributed by atoms with E-state index in [1.807, 2.05) is 6.07 Å². The van der Waals surface area contributed by atoms with Crippen molar-refractivity contribution < 1.29 is 9.59 Å². The Labute approximate surface area is 97.0 Å². The Bertz CT molecular complexity index is 611. The Balaban J connectivity index is 1.94. The molecule has 1 fully saturated rings. The van der Waals surface area contributed by atoms with E-state index in [0.717, 1.165) is 18.5 Å². The minimum Gasteiger partial charge on any atom is -0.358 e. The molecule has 17 heavy (non-hydrogen) atoms. The molecule has 4 rings (SSSR count). The number of hydrogen-bond donors (Lipinski definition) is 2. The maximum absolute atomic E-state index is 12.2. The Morgan fingerprint density at radius 3 is 2.59 bits per heavy atom. The predicted octanol–water partition coefficient (Wildman–Crippen LogP) is 2.00. The largest absolute Gasteiger partial charge is 0.358 e. The van der Waals surface area contributed by atoms with Crippen molar-refractivity contribution in [2.45, 2.75) is 18.8 Å². The highest BCUT2D eigenvalue weighted by atomic mass is 16.1. The van der Waals surface area contributed by atoms with Gasteiger partial charge in [0.05, 0.1) is 22.5 Å². The van der Waals surface area contributed by atoms with Crippen LogP contribution in [0.5, 0.6) is 0 Å². The lowest BCUT2D eigenvalue weighted by Crippen LogP contribution is -2.19. The number of hydrogen-bond acceptors (Lipinski definition) is 2. The molecular formula is C13H10N2O2. The molecular weight excluding hydrogens is 216 g/mol. The van der Waals surface area contributed by atoms with Gasteiger partial charge >= 0.3 is 0 Å². The van der Waals surface area contributed by atoms with Crippen LogP contribution < -0.4 is 0 Å². The molecule has 0 bridgehead atoms. The third kappa shape index (κ3) is 1.07. The van der Waals surface area contributed by atoms with E-state index in [4.69, 9.17) is 0 Å². The third-order valence-electron chi connectivity index (χ3n) is 3.55. The van der Waals surface area contributed by atoms with Crippen molar-refractivity contribution in [1.82, 2.24) is 9.97 Å². The average Bonchev–Trinajstić information content (AvgIpc) is 2.91. The molecule has 2 aromatic heterocycles. The fraction of sp³-hybridized carbons (Fsp3) is 0.231. The molecule has 0 saturated heterocycles. The predicted molar refractivity (Wildman–Crippen MR) is 60.4 cm³/mol. The topological polar surface area (TPSA) is 65.7 Å². The number of aromatic amines is 2. The summed E-state index contributed by atoms with van der Waals surface area (Å²) in [5.74, 6) is 0.352. The van der Waals surface area contributed by atoms with Gasteiger partial charge in [0.25, 0.3) is 0 Å². The van der Waals surface area contributed by atoms with Gasteiger partial charge in [0, 0.05) is 11.9 Å². The van der Waals surface area contributed by atoms with Gasteiger partial charge in [-0.25, -0.2) is 0 Å². The Morgan fingerprint density at radius 2 is 1.82 bits per heavy atom. The van der Waals surface area contributed by atoms with Crippen LogP contribution in [-0.2, 0) is 0 Å². The van der Waals surface area contributed by atoms with E-state index < -0.39 is 0 Å². The summed E-state index contributed by atoms with van der Waals surface area (Å²) >= 11 is 0. The SMILES string of the molecule is O=C1c2cc(C3CC3)[nH]c2C(=O)c2cc[nH]c21. The number of carbonyl (C=O) groups excluding carboxylic acids is 2. The lowest BCUT2D eigenvalue weighted by molar-refractivity contribution is 0.0975. The van der Waals surface area contributed by atoms with Gasteiger partial charge in [0.1, 0.15) is 0 Å². The number of rotatable bonds is 1. The highest BCUT2D eigenvalue weighted by molar-refractivity contribution is 6.27. The van der Waals surface area contributed by atoms with Crippen molar-refractivity contribution in [3.05, 3.63) is 46.5 Å². The fourth-order valence-corrected chi connectivity index (χ4v) is 2.46. The maximum atomic E-state index is 12.2. The van der Waals surface area contributed by atoms with Crippen molar-refractivity contribution in [2.75, 3.05) is 0 Å². The molecule has 2 heterocycles. The normalized spacial score (nSPS) is 18.1. The lowest BCUT2D eigenvalue weighted by Gasteiger charge is -2.09. The molecule has 2 N–H and O–H groups in total. The molecule has 1 saturated carbocycles. The van der Waals surface area contributed by atoms with Gasteiger partial charge in [0.15, 0.2) is 0 Å². The van der Waals surface area contributed by atoms with E-state index in [9.17, 15) is 9.59 Å². The second kappa shape index (κ2) is 2.77. The van der Waals surface area contributed by atoms with Gasteiger partial charge in [-0.05, 0) is 30.9 Å². The highest BCUT2D eigenvalue weighted by Crippen LogP contribution is 2.41. The number of carbonyl (C=O) groups is 2. The van der Waals surface area contributed by atoms with Crippen LogP contribution in [0.3, 0.4) is 0 Å². The molecule has 4 heteroatoms. The highest BCUT2D eigenvalue weighted by Gasteiger charge is 2.35. The van der Waals surface area contributed by atoms with Crippen molar-refractivity contribution in [3.8, 4) is 0 Å². The zero-order chi connectivity index (χ0) is 11.6. The van der Waals surface area contributed by atoms with Crippen LogP contribution in [0.1, 0.15) is 56.6 Å². The average molecular weight is 226 g/mol. The van der Waals surface area contributed by atoms with E-state index in [-0.39, 0.29) is 11.6 Å². The van der Waals surface area contributed by atoms with Crippen LogP contribution in [-0.4, -0.2) is 21.5 Å². The van der Waals surface area contributed by atoms with Gasteiger partial charge in [-0.15, -0.1) is 0 Å². The first-order valence-corrected chi connectivity index (χ1v) is 5.75. The zero-order valence-corrected chi connectivity index (χ0v) is 9.04.